The molecule has 5 aliphatic rings. The summed E-state index contributed by atoms with van der Waals surface area (Å²) in [5, 5.41) is 23.2. The number of aliphatic hydroxyl groups is 2. The van der Waals surface area contributed by atoms with Crippen LogP contribution < -0.4 is 0 Å². The third kappa shape index (κ3) is 3.41. The van der Waals surface area contributed by atoms with Crippen LogP contribution >= 0.6 is 0 Å². The van der Waals surface area contributed by atoms with E-state index in [-0.39, 0.29) is 17.4 Å². The monoisotopic (exact) mass is 398 g/mol. The molecule has 1 spiro atoms. The molecule has 5 rings (SSSR count). The molecule has 2 saturated heterocycles. The van der Waals surface area contributed by atoms with Gasteiger partial charge in [0.05, 0.1) is 11.8 Å². The summed E-state index contributed by atoms with van der Waals surface area (Å²) in [6.45, 7) is 4.32. The average Bonchev–Trinajstić information content (AvgIpc) is 2.96. The summed E-state index contributed by atoms with van der Waals surface area (Å²) in [4.78, 5) is 5.28. The Morgan fingerprint density at radius 2 is 1.72 bits per heavy atom. The molecule has 3 bridgehead atoms. The number of allylic oxidation sites excluding steroid dienone is 4. The van der Waals surface area contributed by atoms with Crippen molar-refractivity contribution in [2.24, 2.45) is 11.3 Å². The molecule has 2 fully saturated rings. The van der Waals surface area contributed by atoms with E-state index in [2.05, 4.69) is 34.1 Å². The minimum Gasteiger partial charge on any atom is -0.512 e. The zero-order valence-corrected chi connectivity index (χ0v) is 17.8. The summed E-state index contributed by atoms with van der Waals surface area (Å²) in [5.74, 6) is 0.674. The van der Waals surface area contributed by atoms with Gasteiger partial charge in [-0.15, -0.1) is 0 Å². The van der Waals surface area contributed by atoms with Crippen LogP contribution in [-0.4, -0.2) is 63.9 Å². The number of hydrogen-bond donors (Lipinski definition) is 2. The maximum absolute atomic E-state index is 12.1. The molecule has 29 heavy (non-hydrogen) atoms. The van der Waals surface area contributed by atoms with Gasteiger partial charge in [0.2, 0.25) is 0 Å². The molecule has 0 aromatic carbocycles. The van der Waals surface area contributed by atoms with Crippen LogP contribution in [0.4, 0.5) is 0 Å². The Morgan fingerprint density at radius 1 is 0.931 bits per heavy atom. The minimum absolute atomic E-state index is 0.0387. The highest BCUT2D eigenvalue weighted by Crippen LogP contribution is 2.59. The van der Waals surface area contributed by atoms with Gasteiger partial charge < -0.3 is 15.1 Å². The fourth-order valence-electron chi connectivity index (χ4n) is 7.32. The highest BCUT2D eigenvalue weighted by molar-refractivity contribution is 5.31. The lowest BCUT2D eigenvalue weighted by molar-refractivity contribution is -0.106. The van der Waals surface area contributed by atoms with Crippen LogP contribution in [0.1, 0.15) is 64.2 Å². The minimum atomic E-state index is -0.941. The largest absolute Gasteiger partial charge is 0.512 e. The van der Waals surface area contributed by atoms with Crippen LogP contribution in [0.5, 0.6) is 0 Å². The fraction of sp³-hybridized carbons (Fsp3) is 0.760. The summed E-state index contributed by atoms with van der Waals surface area (Å²) in [6.07, 6.45) is 22.1. The third-order valence-electron chi connectivity index (χ3n) is 8.43. The lowest BCUT2D eigenvalue weighted by atomic mass is 9.57. The van der Waals surface area contributed by atoms with Crippen molar-refractivity contribution in [1.29, 1.82) is 0 Å². The number of aliphatic hydroxyl groups excluding tert-OH is 1. The highest BCUT2D eigenvalue weighted by Gasteiger charge is 2.65. The molecule has 1 unspecified atom stereocenters. The Bertz CT molecular complexity index is 701. The second kappa shape index (κ2) is 7.86. The SMILES string of the molecule is OC1=C[C@@]2(O)CC/C=C\CCCCN3CC[C@@H]1[C@]1(C[C@@H]4/C=C\CCCCN4[C@H]12)C3. The Hall–Kier alpha value is -1.10. The third-order valence-corrected chi connectivity index (χ3v) is 8.43. The summed E-state index contributed by atoms with van der Waals surface area (Å²) < 4.78 is 0. The lowest BCUT2D eigenvalue weighted by Crippen LogP contribution is -2.65. The van der Waals surface area contributed by atoms with E-state index in [0.717, 1.165) is 51.9 Å². The van der Waals surface area contributed by atoms with Crippen LogP contribution in [0.25, 0.3) is 0 Å². The van der Waals surface area contributed by atoms with Crippen molar-refractivity contribution in [3.8, 4) is 0 Å². The first-order chi connectivity index (χ1) is 14.1. The molecular weight excluding hydrogens is 360 g/mol. The predicted octanol–water partition coefficient (Wildman–Crippen LogP) is 4.18. The van der Waals surface area contributed by atoms with Crippen LogP contribution in [0.3, 0.4) is 0 Å². The van der Waals surface area contributed by atoms with Crippen molar-refractivity contribution in [2.45, 2.75) is 81.9 Å². The van der Waals surface area contributed by atoms with Gasteiger partial charge in [-0.1, -0.05) is 24.3 Å². The number of nitrogens with zero attached hydrogens (tertiary/aromatic N) is 2. The average molecular weight is 399 g/mol. The van der Waals surface area contributed by atoms with E-state index >= 15 is 0 Å². The highest BCUT2D eigenvalue weighted by atomic mass is 16.3. The number of fused-ring (bicyclic) bond motifs is 2. The smallest absolute Gasteiger partial charge is 0.103 e. The summed E-state index contributed by atoms with van der Waals surface area (Å²) in [6, 6.07) is 0.512. The first-order valence-corrected chi connectivity index (χ1v) is 12.1. The van der Waals surface area contributed by atoms with E-state index in [1.807, 2.05) is 6.08 Å². The van der Waals surface area contributed by atoms with Gasteiger partial charge in [0, 0.05) is 23.9 Å². The lowest BCUT2D eigenvalue weighted by Gasteiger charge is -2.57. The molecule has 160 valence electrons. The van der Waals surface area contributed by atoms with Gasteiger partial charge in [0.25, 0.3) is 0 Å². The number of hydrogen-bond acceptors (Lipinski definition) is 4. The van der Waals surface area contributed by atoms with Crippen LogP contribution in [0, 0.1) is 11.3 Å². The van der Waals surface area contributed by atoms with Crippen molar-refractivity contribution in [3.63, 3.8) is 0 Å². The molecule has 0 amide bonds. The van der Waals surface area contributed by atoms with E-state index in [0.29, 0.717) is 18.2 Å². The first kappa shape index (κ1) is 19.8. The first-order valence-electron chi connectivity index (χ1n) is 12.1. The Morgan fingerprint density at radius 3 is 2.62 bits per heavy atom. The maximum atomic E-state index is 12.1. The zero-order chi connectivity index (χ0) is 19.9. The summed E-state index contributed by atoms with van der Waals surface area (Å²) in [5.41, 5.74) is -0.979. The second-order valence-corrected chi connectivity index (χ2v) is 10.3. The molecule has 6 atom stereocenters. The molecule has 4 heterocycles. The summed E-state index contributed by atoms with van der Waals surface area (Å²) in [7, 11) is 0. The van der Waals surface area contributed by atoms with E-state index in [4.69, 9.17) is 0 Å². The quantitative estimate of drug-likeness (QED) is 0.601. The van der Waals surface area contributed by atoms with Crippen molar-refractivity contribution in [1.82, 2.24) is 9.80 Å². The van der Waals surface area contributed by atoms with E-state index in [1.165, 1.54) is 32.1 Å². The van der Waals surface area contributed by atoms with Gasteiger partial charge >= 0.3 is 0 Å². The fourth-order valence-corrected chi connectivity index (χ4v) is 7.32. The van der Waals surface area contributed by atoms with Crippen molar-refractivity contribution < 1.29 is 10.2 Å². The molecule has 4 nitrogen and oxygen atoms in total. The molecule has 0 saturated carbocycles. The molecule has 4 heteroatoms. The van der Waals surface area contributed by atoms with Crippen LogP contribution in [0.2, 0.25) is 0 Å². The van der Waals surface area contributed by atoms with Crippen molar-refractivity contribution >= 4 is 0 Å². The van der Waals surface area contributed by atoms with Crippen molar-refractivity contribution in [3.05, 3.63) is 36.1 Å². The predicted molar refractivity (Wildman–Crippen MR) is 117 cm³/mol. The molecule has 4 aliphatic heterocycles. The molecular formula is C25H38N2O2. The Balaban J connectivity index is 1.60. The Labute approximate surface area is 176 Å². The van der Waals surface area contributed by atoms with Gasteiger partial charge in [-0.3, -0.25) is 4.90 Å². The van der Waals surface area contributed by atoms with Crippen molar-refractivity contribution in [2.75, 3.05) is 26.2 Å². The number of rotatable bonds is 0. The topological polar surface area (TPSA) is 46.9 Å². The van der Waals surface area contributed by atoms with E-state index < -0.39 is 5.60 Å². The van der Waals surface area contributed by atoms with Gasteiger partial charge in [0.15, 0.2) is 0 Å². The van der Waals surface area contributed by atoms with Gasteiger partial charge in [0.1, 0.15) is 5.60 Å². The van der Waals surface area contributed by atoms with Gasteiger partial charge in [-0.2, -0.15) is 0 Å². The van der Waals surface area contributed by atoms with Crippen LogP contribution in [-0.2, 0) is 0 Å². The van der Waals surface area contributed by atoms with E-state index in [1.54, 1.807) is 0 Å². The maximum Gasteiger partial charge on any atom is 0.103 e. The number of piperidine rings is 1. The zero-order valence-electron chi connectivity index (χ0n) is 17.8. The van der Waals surface area contributed by atoms with Gasteiger partial charge in [-0.25, -0.2) is 0 Å². The summed E-state index contributed by atoms with van der Waals surface area (Å²) >= 11 is 0. The molecule has 1 aliphatic carbocycles. The molecule has 0 aromatic heterocycles. The standard InChI is InChI=1S/C25H38N2O2/c28-22-18-25(29)13-8-4-1-2-5-9-14-26-16-12-21(22)24(19-26)17-20-11-7-3-6-10-15-27(20)23(24)25/h1,4,7,11,18,20-21,23,28-29H,2-3,5-6,8-10,12-17,19H2/b4-1-,11-7-/t20-,21-,23+,24-,25-/m0/s1. The second-order valence-electron chi connectivity index (χ2n) is 10.3. The molecule has 2 N–H and O–H groups in total. The van der Waals surface area contributed by atoms with E-state index in [9.17, 15) is 10.2 Å². The Kier molecular flexibility index (Phi) is 5.38. The molecule has 0 aromatic rings. The van der Waals surface area contributed by atoms with Gasteiger partial charge in [-0.05, 0) is 89.9 Å². The van der Waals surface area contributed by atoms with Crippen LogP contribution in [0.15, 0.2) is 36.1 Å². The molecule has 0 radical (unpaired) electrons. The normalized spacial score (nSPS) is 48.0.